The summed E-state index contributed by atoms with van der Waals surface area (Å²) in [5, 5.41) is 8.88. The topological polar surface area (TPSA) is 20.2 Å². The van der Waals surface area contributed by atoms with Crippen LogP contribution in [0.4, 0.5) is 4.39 Å². The van der Waals surface area contributed by atoms with Gasteiger partial charge in [0.05, 0.1) is 6.61 Å². The summed E-state index contributed by atoms with van der Waals surface area (Å²) in [6.45, 7) is 1.76. The van der Waals surface area contributed by atoms with Crippen LogP contribution in [0.15, 0.2) is 30.3 Å². The van der Waals surface area contributed by atoms with Crippen molar-refractivity contribution in [3.05, 3.63) is 41.7 Å². The quantitative estimate of drug-likeness (QED) is 0.714. The molecule has 0 heterocycles. The van der Waals surface area contributed by atoms with Gasteiger partial charge in [-0.25, -0.2) is 4.39 Å². The molecule has 0 aliphatic heterocycles. The highest BCUT2D eigenvalue weighted by molar-refractivity contribution is 5.65. The van der Waals surface area contributed by atoms with E-state index in [0.29, 0.717) is 0 Å². The summed E-state index contributed by atoms with van der Waals surface area (Å²) < 4.78 is 12.7. The summed E-state index contributed by atoms with van der Waals surface area (Å²) in [6, 6.07) is 6.19. The molecule has 0 fully saturated rings. The SMILES string of the molecule is C/C=C(\CO)c1cccc(F)c1. The molecule has 0 saturated carbocycles. The zero-order valence-electron chi connectivity index (χ0n) is 6.92. The highest BCUT2D eigenvalue weighted by Gasteiger charge is 1.99. The van der Waals surface area contributed by atoms with E-state index in [2.05, 4.69) is 0 Å². The van der Waals surface area contributed by atoms with Crippen molar-refractivity contribution in [3.8, 4) is 0 Å². The lowest BCUT2D eigenvalue weighted by Gasteiger charge is -2.02. The fraction of sp³-hybridized carbons (Fsp3) is 0.200. The van der Waals surface area contributed by atoms with Crippen molar-refractivity contribution in [1.29, 1.82) is 0 Å². The maximum atomic E-state index is 12.7. The molecule has 0 saturated heterocycles. The standard InChI is InChI=1S/C10H11FO/c1-2-8(7-12)9-4-3-5-10(11)6-9/h2-6,12H,7H2,1H3/b8-2+. The van der Waals surface area contributed by atoms with Crippen molar-refractivity contribution in [2.75, 3.05) is 6.61 Å². The number of rotatable bonds is 2. The van der Waals surface area contributed by atoms with Crippen LogP contribution >= 0.6 is 0 Å². The minimum atomic E-state index is -0.277. The monoisotopic (exact) mass is 166 g/mol. The van der Waals surface area contributed by atoms with Gasteiger partial charge in [0, 0.05) is 0 Å². The molecule has 2 heteroatoms. The van der Waals surface area contributed by atoms with Crippen LogP contribution in [-0.4, -0.2) is 11.7 Å². The van der Waals surface area contributed by atoms with Crippen LogP contribution in [0.3, 0.4) is 0 Å². The Morgan fingerprint density at radius 1 is 1.58 bits per heavy atom. The molecule has 0 amide bonds. The average molecular weight is 166 g/mol. The van der Waals surface area contributed by atoms with E-state index in [1.165, 1.54) is 12.1 Å². The maximum absolute atomic E-state index is 12.7. The van der Waals surface area contributed by atoms with Crippen molar-refractivity contribution in [2.45, 2.75) is 6.92 Å². The molecule has 1 aromatic carbocycles. The first-order chi connectivity index (χ1) is 5.77. The number of benzene rings is 1. The summed E-state index contributed by atoms with van der Waals surface area (Å²) in [4.78, 5) is 0. The van der Waals surface area contributed by atoms with Gasteiger partial charge in [-0.05, 0) is 30.2 Å². The molecule has 0 spiro atoms. The third-order valence-electron chi connectivity index (χ3n) is 1.71. The smallest absolute Gasteiger partial charge is 0.123 e. The molecule has 0 bridgehead atoms. The number of halogens is 1. The van der Waals surface area contributed by atoms with Crippen LogP contribution in [0.5, 0.6) is 0 Å². The van der Waals surface area contributed by atoms with Gasteiger partial charge >= 0.3 is 0 Å². The van der Waals surface area contributed by atoms with Gasteiger partial charge in [0.2, 0.25) is 0 Å². The molecule has 0 aliphatic carbocycles. The van der Waals surface area contributed by atoms with E-state index < -0.39 is 0 Å². The molecule has 1 N–H and O–H groups in total. The molecule has 0 aromatic heterocycles. The first kappa shape index (κ1) is 8.94. The van der Waals surface area contributed by atoms with E-state index in [4.69, 9.17) is 5.11 Å². The second kappa shape index (κ2) is 4.02. The Hall–Kier alpha value is -1.15. The molecule has 64 valence electrons. The Morgan fingerprint density at radius 2 is 2.33 bits per heavy atom. The molecule has 0 radical (unpaired) electrons. The van der Waals surface area contributed by atoms with Crippen LogP contribution in [0.2, 0.25) is 0 Å². The first-order valence-electron chi connectivity index (χ1n) is 3.80. The zero-order chi connectivity index (χ0) is 8.97. The minimum absolute atomic E-state index is 0.0556. The Morgan fingerprint density at radius 3 is 2.83 bits per heavy atom. The summed E-state index contributed by atoms with van der Waals surface area (Å²) in [5.74, 6) is -0.277. The van der Waals surface area contributed by atoms with Gasteiger partial charge in [0.15, 0.2) is 0 Å². The number of aliphatic hydroxyl groups excluding tert-OH is 1. The molecular weight excluding hydrogens is 155 g/mol. The van der Waals surface area contributed by atoms with E-state index in [9.17, 15) is 4.39 Å². The number of aliphatic hydroxyl groups is 1. The molecule has 0 unspecified atom stereocenters. The molecule has 0 aliphatic rings. The van der Waals surface area contributed by atoms with Gasteiger partial charge in [-0.3, -0.25) is 0 Å². The predicted octanol–water partition coefficient (Wildman–Crippen LogP) is 2.22. The maximum Gasteiger partial charge on any atom is 0.123 e. The first-order valence-corrected chi connectivity index (χ1v) is 3.80. The lowest BCUT2D eigenvalue weighted by atomic mass is 10.1. The van der Waals surface area contributed by atoms with E-state index in [1.807, 2.05) is 6.92 Å². The summed E-state index contributed by atoms with van der Waals surface area (Å²) in [6.07, 6.45) is 1.77. The van der Waals surface area contributed by atoms with Crippen molar-refractivity contribution < 1.29 is 9.50 Å². The third-order valence-corrected chi connectivity index (χ3v) is 1.71. The van der Waals surface area contributed by atoms with Crippen LogP contribution < -0.4 is 0 Å². The van der Waals surface area contributed by atoms with Gasteiger partial charge in [-0.1, -0.05) is 18.2 Å². The largest absolute Gasteiger partial charge is 0.392 e. The normalized spacial score (nSPS) is 11.8. The third kappa shape index (κ3) is 1.92. The van der Waals surface area contributed by atoms with Crippen LogP contribution in [0.1, 0.15) is 12.5 Å². The molecule has 1 nitrogen and oxygen atoms in total. The van der Waals surface area contributed by atoms with Crippen molar-refractivity contribution in [3.63, 3.8) is 0 Å². The van der Waals surface area contributed by atoms with Gasteiger partial charge in [0.1, 0.15) is 5.82 Å². The van der Waals surface area contributed by atoms with Crippen molar-refractivity contribution in [1.82, 2.24) is 0 Å². The van der Waals surface area contributed by atoms with E-state index in [0.717, 1.165) is 11.1 Å². The predicted molar refractivity (Wildman–Crippen MR) is 47.1 cm³/mol. The molecular formula is C10H11FO. The van der Waals surface area contributed by atoms with Gasteiger partial charge in [-0.2, -0.15) is 0 Å². The second-order valence-corrected chi connectivity index (χ2v) is 2.48. The number of allylic oxidation sites excluding steroid dienone is 1. The Bertz CT molecular complexity index is 292. The average Bonchev–Trinajstić information content (AvgIpc) is 2.07. The molecule has 0 atom stereocenters. The van der Waals surface area contributed by atoms with Crippen LogP contribution in [0.25, 0.3) is 5.57 Å². The lowest BCUT2D eigenvalue weighted by molar-refractivity contribution is 0.350. The van der Waals surface area contributed by atoms with Gasteiger partial charge in [0.25, 0.3) is 0 Å². The van der Waals surface area contributed by atoms with Gasteiger partial charge < -0.3 is 5.11 Å². The lowest BCUT2D eigenvalue weighted by Crippen LogP contribution is -1.90. The Balaban J connectivity index is 3.02. The second-order valence-electron chi connectivity index (χ2n) is 2.48. The van der Waals surface area contributed by atoms with Crippen molar-refractivity contribution in [2.24, 2.45) is 0 Å². The molecule has 1 aromatic rings. The highest BCUT2D eigenvalue weighted by Crippen LogP contribution is 2.14. The summed E-state index contributed by atoms with van der Waals surface area (Å²) in [7, 11) is 0. The minimum Gasteiger partial charge on any atom is -0.392 e. The van der Waals surface area contributed by atoms with E-state index >= 15 is 0 Å². The fourth-order valence-corrected chi connectivity index (χ4v) is 1.04. The molecule has 12 heavy (non-hydrogen) atoms. The zero-order valence-corrected chi connectivity index (χ0v) is 6.92. The van der Waals surface area contributed by atoms with Crippen LogP contribution in [0, 0.1) is 5.82 Å². The number of hydrogen-bond donors (Lipinski definition) is 1. The van der Waals surface area contributed by atoms with Crippen molar-refractivity contribution >= 4 is 5.57 Å². The Kier molecular flexibility index (Phi) is 3.00. The molecule has 1 rings (SSSR count). The number of hydrogen-bond acceptors (Lipinski definition) is 1. The van der Waals surface area contributed by atoms with Gasteiger partial charge in [-0.15, -0.1) is 0 Å². The fourth-order valence-electron chi connectivity index (χ4n) is 1.04. The summed E-state index contributed by atoms with van der Waals surface area (Å²) in [5.41, 5.74) is 1.48. The van der Waals surface area contributed by atoms with Crippen LogP contribution in [-0.2, 0) is 0 Å². The van der Waals surface area contributed by atoms with E-state index in [1.54, 1.807) is 18.2 Å². The Labute approximate surface area is 71.2 Å². The highest BCUT2D eigenvalue weighted by atomic mass is 19.1. The summed E-state index contributed by atoms with van der Waals surface area (Å²) >= 11 is 0. The van der Waals surface area contributed by atoms with E-state index in [-0.39, 0.29) is 12.4 Å².